The van der Waals surface area contributed by atoms with Gasteiger partial charge in [0.25, 0.3) is 0 Å². The first-order valence-electron chi connectivity index (χ1n) is 4.52. The van der Waals surface area contributed by atoms with Crippen LogP contribution in [0.1, 0.15) is 6.42 Å². The fourth-order valence-electron chi connectivity index (χ4n) is 1.56. The largest absolute Gasteiger partial charge is 0.379 e. The summed E-state index contributed by atoms with van der Waals surface area (Å²) < 4.78 is 5.33. The van der Waals surface area contributed by atoms with Crippen molar-refractivity contribution in [1.29, 1.82) is 0 Å². The number of hydrogen-bond donors (Lipinski definition) is 2. The van der Waals surface area contributed by atoms with Gasteiger partial charge in [0, 0.05) is 12.4 Å². The van der Waals surface area contributed by atoms with Gasteiger partial charge in [-0.15, -0.1) is 0 Å². The Bertz CT molecular complexity index is 274. The molecule has 2 heterocycles. The highest BCUT2D eigenvalue weighted by molar-refractivity contribution is 8.14. The number of thioether (sulfide) groups is 1. The minimum absolute atomic E-state index is 0.0567. The standard InChI is InChI=1S/C8H13N3O2S/c9-6(12)3-10-7-11-8(5-14-7)1-2-13-4-8/h1-5H2,(H2,9,12)(H,10,11). The first-order valence-corrected chi connectivity index (χ1v) is 5.50. The van der Waals surface area contributed by atoms with E-state index in [1.165, 1.54) is 0 Å². The molecule has 2 rings (SSSR count). The molecule has 3 N–H and O–H groups in total. The number of nitrogens with two attached hydrogens (primary N) is 1. The number of primary amides is 1. The molecule has 1 unspecified atom stereocenters. The van der Waals surface area contributed by atoms with E-state index in [0.717, 1.165) is 30.6 Å². The van der Waals surface area contributed by atoms with Crippen LogP contribution in [-0.2, 0) is 9.53 Å². The molecular formula is C8H13N3O2S. The lowest BCUT2D eigenvalue weighted by atomic mass is 10.0. The minimum Gasteiger partial charge on any atom is -0.379 e. The van der Waals surface area contributed by atoms with Gasteiger partial charge in [-0.25, -0.2) is 0 Å². The molecule has 2 aliphatic heterocycles. The molecule has 2 saturated heterocycles. The molecule has 6 heteroatoms. The molecule has 0 bridgehead atoms. The highest BCUT2D eigenvalue weighted by atomic mass is 32.2. The minimum atomic E-state index is -0.400. The Balaban J connectivity index is 1.93. The quantitative estimate of drug-likeness (QED) is 0.640. The van der Waals surface area contributed by atoms with E-state index in [9.17, 15) is 4.79 Å². The number of aliphatic imine (C=N–C) groups is 1. The molecule has 0 saturated carbocycles. The van der Waals surface area contributed by atoms with Crippen molar-refractivity contribution in [1.82, 2.24) is 5.32 Å². The van der Waals surface area contributed by atoms with Crippen molar-refractivity contribution < 1.29 is 9.53 Å². The van der Waals surface area contributed by atoms with Crippen LogP contribution in [0.2, 0.25) is 0 Å². The molecule has 0 aliphatic carbocycles. The number of nitrogens with zero attached hydrogens (tertiary/aromatic N) is 1. The number of amidine groups is 1. The number of hydrogen-bond acceptors (Lipinski definition) is 4. The van der Waals surface area contributed by atoms with E-state index >= 15 is 0 Å². The third-order valence-electron chi connectivity index (χ3n) is 2.34. The average Bonchev–Trinajstić information content (AvgIpc) is 2.74. The lowest BCUT2D eigenvalue weighted by Crippen LogP contribution is -2.44. The molecule has 2 aliphatic rings. The number of carbonyl (C=O) groups excluding carboxylic acids is 1. The second-order valence-corrected chi connectivity index (χ2v) is 4.55. The number of nitrogens with one attached hydrogen (secondary N) is 1. The van der Waals surface area contributed by atoms with E-state index in [4.69, 9.17) is 10.5 Å². The first-order chi connectivity index (χ1) is 6.70. The lowest BCUT2D eigenvalue weighted by Gasteiger charge is -2.19. The predicted molar refractivity (Wildman–Crippen MR) is 55.3 cm³/mol. The van der Waals surface area contributed by atoms with Gasteiger partial charge in [-0.2, -0.15) is 0 Å². The molecule has 78 valence electrons. The van der Waals surface area contributed by atoms with Gasteiger partial charge in [-0.1, -0.05) is 11.8 Å². The number of ether oxygens (including phenoxy) is 1. The molecule has 1 spiro atoms. The number of carbonyl (C=O) groups is 1. The van der Waals surface area contributed by atoms with Gasteiger partial charge in [0.1, 0.15) is 6.54 Å². The normalized spacial score (nSPS) is 33.9. The van der Waals surface area contributed by atoms with Crippen LogP contribution in [0.25, 0.3) is 0 Å². The Kier molecular flexibility index (Phi) is 2.64. The summed E-state index contributed by atoms with van der Waals surface area (Å²) >= 11 is 1.63. The lowest BCUT2D eigenvalue weighted by molar-refractivity contribution is -0.116. The van der Waals surface area contributed by atoms with Gasteiger partial charge in [-0.3, -0.25) is 9.79 Å². The molecule has 1 amide bonds. The van der Waals surface area contributed by atoms with Crippen LogP contribution in [0.15, 0.2) is 4.99 Å². The van der Waals surface area contributed by atoms with E-state index in [2.05, 4.69) is 10.3 Å². The fraction of sp³-hybridized carbons (Fsp3) is 0.750. The highest BCUT2D eigenvalue weighted by Gasteiger charge is 2.40. The zero-order valence-electron chi connectivity index (χ0n) is 7.78. The summed E-state index contributed by atoms with van der Waals surface area (Å²) in [4.78, 5) is 14.6. The first kappa shape index (κ1) is 9.79. The third-order valence-corrected chi connectivity index (χ3v) is 3.54. The summed E-state index contributed by atoms with van der Waals surface area (Å²) in [7, 11) is 0. The van der Waals surface area contributed by atoms with Crippen molar-refractivity contribution in [2.24, 2.45) is 10.7 Å². The van der Waals surface area contributed by atoms with Crippen LogP contribution in [0.3, 0.4) is 0 Å². The average molecular weight is 215 g/mol. The molecular weight excluding hydrogens is 202 g/mol. The molecule has 0 aromatic heterocycles. The molecule has 5 nitrogen and oxygen atoms in total. The van der Waals surface area contributed by atoms with E-state index in [1.807, 2.05) is 0 Å². The van der Waals surface area contributed by atoms with Crippen molar-refractivity contribution in [2.45, 2.75) is 12.0 Å². The van der Waals surface area contributed by atoms with E-state index < -0.39 is 5.91 Å². The van der Waals surface area contributed by atoms with Crippen LogP contribution in [0, 0.1) is 0 Å². The van der Waals surface area contributed by atoms with Crippen molar-refractivity contribution in [2.75, 3.05) is 25.5 Å². The second-order valence-electron chi connectivity index (χ2n) is 3.58. The van der Waals surface area contributed by atoms with E-state index in [-0.39, 0.29) is 12.1 Å². The highest BCUT2D eigenvalue weighted by Crippen LogP contribution is 2.30. The monoisotopic (exact) mass is 215 g/mol. The predicted octanol–water partition coefficient (Wildman–Crippen LogP) is -0.677. The third kappa shape index (κ3) is 2.01. The van der Waals surface area contributed by atoms with Crippen molar-refractivity contribution in [3.63, 3.8) is 0 Å². The van der Waals surface area contributed by atoms with Crippen LogP contribution in [-0.4, -0.2) is 42.1 Å². The van der Waals surface area contributed by atoms with E-state index in [1.54, 1.807) is 11.8 Å². The molecule has 0 aromatic rings. The van der Waals surface area contributed by atoms with Gasteiger partial charge in [-0.05, 0) is 6.42 Å². The Morgan fingerprint density at radius 2 is 2.64 bits per heavy atom. The maximum absolute atomic E-state index is 10.5. The summed E-state index contributed by atoms with van der Waals surface area (Å²) in [6, 6.07) is 0. The maximum Gasteiger partial charge on any atom is 0.239 e. The number of amides is 1. The fourth-order valence-corrected chi connectivity index (χ4v) is 2.72. The Morgan fingerprint density at radius 1 is 1.79 bits per heavy atom. The van der Waals surface area contributed by atoms with Gasteiger partial charge >= 0.3 is 0 Å². The summed E-state index contributed by atoms with van der Waals surface area (Å²) in [5.74, 6) is 0.563. The Morgan fingerprint density at radius 3 is 3.29 bits per heavy atom. The molecule has 1 atom stereocenters. The topological polar surface area (TPSA) is 76.7 Å². The van der Waals surface area contributed by atoms with Crippen LogP contribution in [0.5, 0.6) is 0 Å². The molecule has 0 radical (unpaired) electrons. The summed E-state index contributed by atoms with van der Waals surface area (Å²) in [5, 5.41) is 4.12. The maximum atomic E-state index is 10.5. The van der Waals surface area contributed by atoms with Crippen molar-refractivity contribution in [3.05, 3.63) is 0 Å². The van der Waals surface area contributed by atoms with Crippen LogP contribution < -0.4 is 11.1 Å². The molecule has 14 heavy (non-hydrogen) atoms. The van der Waals surface area contributed by atoms with Crippen molar-refractivity contribution in [3.8, 4) is 0 Å². The van der Waals surface area contributed by atoms with Crippen molar-refractivity contribution >= 4 is 22.8 Å². The summed E-state index contributed by atoms with van der Waals surface area (Å²) in [6.07, 6.45) is 1.01. The molecule has 0 aromatic carbocycles. The number of rotatable bonds is 2. The smallest absolute Gasteiger partial charge is 0.239 e. The van der Waals surface area contributed by atoms with Gasteiger partial charge in [0.05, 0.1) is 12.1 Å². The van der Waals surface area contributed by atoms with E-state index in [0.29, 0.717) is 0 Å². The Hall–Kier alpha value is -0.750. The van der Waals surface area contributed by atoms with Crippen LogP contribution >= 0.6 is 11.8 Å². The Labute approximate surface area is 86.5 Å². The summed E-state index contributed by atoms with van der Waals surface area (Å²) in [5.41, 5.74) is 5.06. The SMILES string of the molecule is NC(=O)CN=C1NC2(CCOC2)CS1. The second kappa shape index (κ2) is 3.78. The van der Waals surface area contributed by atoms with Gasteiger partial charge in [0.15, 0.2) is 5.17 Å². The zero-order valence-corrected chi connectivity index (χ0v) is 8.60. The zero-order chi connectivity index (χ0) is 10.0. The molecule has 2 fully saturated rings. The summed E-state index contributed by atoms with van der Waals surface area (Å²) in [6.45, 7) is 1.60. The van der Waals surface area contributed by atoms with Crippen LogP contribution in [0.4, 0.5) is 0 Å². The van der Waals surface area contributed by atoms with Gasteiger partial charge < -0.3 is 15.8 Å². The van der Waals surface area contributed by atoms with Gasteiger partial charge in [0.2, 0.25) is 5.91 Å².